The number of carbonyl (C=O) groups is 2. The first-order chi connectivity index (χ1) is 9.06. The quantitative estimate of drug-likeness (QED) is 0.569. The molecule has 2 amide bonds. The van der Waals surface area contributed by atoms with Gasteiger partial charge in [0.2, 0.25) is 0 Å². The number of ether oxygens (including phenoxy) is 2. The highest BCUT2D eigenvalue weighted by molar-refractivity contribution is 5.82. The van der Waals surface area contributed by atoms with E-state index < -0.39 is 18.0 Å². The number of nitrogens with one attached hydrogen (secondary N) is 1. The molecule has 1 unspecified atom stereocenters. The molecule has 0 aromatic heterocycles. The number of urea groups is 1. The lowest BCUT2D eigenvalue weighted by Crippen LogP contribution is -2.49. The molecular formula is C12H24N2O5. The Morgan fingerprint density at radius 2 is 2.00 bits per heavy atom. The molecule has 0 bridgehead atoms. The van der Waals surface area contributed by atoms with Crippen LogP contribution in [-0.2, 0) is 14.3 Å². The fourth-order valence-electron chi connectivity index (χ4n) is 1.46. The Balaban J connectivity index is 4.29. The maximum absolute atomic E-state index is 11.9. The molecule has 0 aliphatic heterocycles. The minimum atomic E-state index is -1.06. The molecule has 0 rings (SSSR count). The largest absolute Gasteiger partial charge is 0.480 e. The van der Waals surface area contributed by atoms with Gasteiger partial charge in [-0.1, -0.05) is 0 Å². The van der Waals surface area contributed by atoms with Crippen LogP contribution in [0.4, 0.5) is 4.79 Å². The van der Waals surface area contributed by atoms with E-state index in [9.17, 15) is 9.59 Å². The van der Waals surface area contributed by atoms with Gasteiger partial charge in [0, 0.05) is 39.8 Å². The van der Waals surface area contributed by atoms with E-state index >= 15 is 0 Å². The molecule has 0 saturated carbocycles. The fourth-order valence-corrected chi connectivity index (χ4v) is 1.46. The number of likely N-dealkylation sites (N-methyl/N-ethyl adjacent to an activating group) is 1. The number of rotatable bonds is 10. The number of carboxylic acid groups (broad SMARTS) is 1. The summed E-state index contributed by atoms with van der Waals surface area (Å²) in [6.07, 6.45) is 0.237. The third kappa shape index (κ3) is 7.63. The monoisotopic (exact) mass is 276 g/mol. The average Bonchev–Trinajstić information content (AvgIpc) is 2.39. The first-order valence-electron chi connectivity index (χ1n) is 6.41. The summed E-state index contributed by atoms with van der Waals surface area (Å²) >= 11 is 0. The SMILES string of the molecule is CCOCCN(CC)C(=O)NC(CCOC)C(=O)O. The van der Waals surface area contributed by atoms with Gasteiger partial charge in [-0.05, 0) is 13.8 Å². The van der Waals surface area contributed by atoms with E-state index in [-0.39, 0.29) is 13.0 Å². The number of carboxylic acids is 1. The van der Waals surface area contributed by atoms with Crippen molar-refractivity contribution in [2.24, 2.45) is 0 Å². The normalized spacial score (nSPS) is 11.9. The van der Waals surface area contributed by atoms with Crippen molar-refractivity contribution < 1.29 is 24.2 Å². The van der Waals surface area contributed by atoms with Gasteiger partial charge in [0.05, 0.1) is 6.61 Å². The first-order valence-corrected chi connectivity index (χ1v) is 6.41. The molecule has 0 aromatic carbocycles. The van der Waals surface area contributed by atoms with Crippen molar-refractivity contribution in [3.8, 4) is 0 Å². The summed E-state index contributed by atoms with van der Waals surface area (Å²) in [6, 6.07) is -1.33. The van der Waals surface area contributed by atoms with Crippen LogP contribution in [0.3, 0.4) is 0 Å². The van der Waals surface area contributed by atoms with Crippen LogP contribution in [0.15, 0.2) is 0 Å². The van der Waals surface area contributed by atoms with Crippen molar-refractivity contribution in [1.29, 1.82) is 0 Å². The lowest BCUT2D eigenvalue weighted by Gasteiger charge is -2.23. The molecule has 0 aliphatic carbocycles. The Bertz CT molecular complexity index is 273. The molecule has 19 heavy (non-hydrogen) atoms. The number of nitrogens with zero attached hydrogens (tertiary/aromatic N) is 1. The summed E-state index contributed by atoms with van der Waals surface area (Å²) in [5.74, 6) is -1.06. The minimum absolute atomic E-state index is 0.237. The second-order valence-electron chi connectivity index (χ2n) is 3.90. The van der Waals surface area contributed by atoms with Crippen molar-refractivity contribution in [2.45, 2.75) is 26.3 Å². The fraction of sp³-hybridized carbons (Fsp3) is 0.833. The number of carbonyl (C=O) groups excluding carboxylic acids is 1. The molecule has 0 saturated heterocycles. The molecule has 0 aromatic rings. The van der Waals surface area contributed by atoms with Crippen molar-refractivity contribution in [1.82, 2.24) is 10.2 Å². The van der Waals surface area contributed by atoms with Gasteiger partial charge in [0.15, 0.2) is 0 Å². The molecular weight excluding hydrogens is 252 g/mol. The first kappa shape index (κ1) is 17.7. The Kier molecular flexibility index (Phi) is 9.82. The Labute approximate surface area is 113 Å². The molecule has 0 spiro atoms. The lowest BCUT2D eigenvalue weighted by atomic mass is 10.2. The van der Waals surface area contributed by atoms with Crippen molar-refractivity contribution in [3.63, 3.8) is 0 Å². The molecule has 7 heteroatoms. The van der Waals surface area contributed by atoms with Crippen LogP contribution in [0.25, 0.3) is 0 Å². The molecule has 0 aliphatic rings. The van der Waals surface area contributed by atoms with E-state index in [0.717, 1.165) is 0 Å². The molecule has 112 valence electrons. The highest BCUT2D eigenvalue weighted by atomic mass is 16.5. The number of amides is 2. The van der Waals surface area contributed by atoms with Crippen molar-refractivity contribution in [3.05, 3.63) is 0 Å². The Morgan fingerprint density at radius 3 is 2.47 bits per heavy atom. The Morgan fingerprint density at radius 1 is 1.32 bits per heavy atom. The smallest absolute Gasteiger partial charge is 0.326 e. The van der Waals surface area contributed by atoms with Gasteiger partial charge in [0.1, 0.15) is 6.04 Å². The Hall–Kier alpha value is -1.34. The molecule has 2 N–H and O–H groups in total. The van der Waals surface area contributed by atoms with Crippen LogP contribution >= 0.6 is 0 Å². The summed E-state index contributed by atoms with van der Waals surface area (Å²) in [5.41, 5.74) is 0. The van der Waals surface area contributed by atoms with Crippen LogP contribution in [-0.4, -0.2) is 68.1 Å². The molecule has 1 atom stereocenters. The summed E-state index contributed by atoms with van der Waals surface area (Å²) in [7, 11) is 1.49. The molecule has 0 fully saturated rings. The number of aliphatic carboxylic acids is 1. The molecule has 0 heterocycles. The summed E-state index contributed by atoms with van der Waals surface area (Å²) in [5, 5.41) is 11.5. The van der Waals surface area contributed by atoms with Crippen LogP contribution in [0.2, 0.25) is 0 Å². The zero-order chi connectivity index (χ0) is 14.7. The van der Waals surface area contributed by atoms with Gasteiger partial charge in [0.25, 0.3) is 0 Å². The predicted octanol–water partition coefficient (Wildman–Crippen LogP) is 0.544. The second-order valence-corrected chi connectivity index (χ2v) is 3.90. The van der Waals surface area contributed by atoms with E-state index in [4.69, 9.17) is 14.6 Å². The predicted molar refractivity (Wildman–Crippen MR) is 70.2 cm³/mol. The number of methoxy groups -OCH3 is 1. The highest BCUT2D eigenvalue weighted by Gasteiger charge is 2.22. The molecule has 0 radical (unpaired) electrons. The maximum Gasteiger partial charge on any atom is 0.326 e. The van der Waals surface area contributed by atoms with E-state index in [1.54, 1.807) is 0 Å². The van der Waals surface area contributed by atoms with E-state index in [1.165, 1.54) is 12.0 Å². The van der Waals surface area contributed by atoms with Gasteiger partial charge >= 0.3 is 12.0 Å². The van der Waals surface area contributed by atoms with Crippen LogP contribution in [0.1, 0.15) is 20.3 Å². The van der Waals surface area contributed by atoms with E-state index in [2.05, 4.69) is 5.32 Å². The van der Waals surface area contributed by atoms with Crippen molar-refractivity contribution >= 4 is 12.0 Å². The number of hydrogen-bond acceptors (Lipinski definition) is 4. The lowest BCUT2D eigenvalue weighted by molar-refractivity contribution is -0.139. The van der Waals surface area contributed by atoms with Gasteiger partial charge < -0.3 is 24.8 Å². The highest BCUT2D eigenvalue weighted by Crippen LogP contribution is 1.97. The third-order valence-electron chi connectivity index (χ3n) is 2.59. The third-order valence-corrected chi connectivity index (χ3v) is 2.59. The number of hydrogen-bond donors (Lipinski definition) is 2. The van der Waals surface area contributed by atoms with Crippen LogP contribution < -0.4 is 5.32 Å². The van der Waals surface area contributed by atoms with Gasteiger partial charge in [-0.25, -0.2) is 9.59 Å². The zero-order valence-electron chi connectivity index (χ0n) is 11.8. The zero-order valence-corrected chi connectivity index (χ0v) is 11.8. The van der Waals surface area contributed by atoms with Crippen molar-refractivity contribution in [2.75, 3.05) is 40.0 Å². The van der Waals surface area contributed by atoms with Crippen LogP contribution in [0.5, 0.6) is 0 Å². The average molecular weight is 276 g/mol. The van der Waals surface area contributed by atoms with Gasteiger partial charge in [-0.3, -0.25) is 0 Å². The summed E-state index contributed by atoms with van der Waals surface area (Å²) in [6.45, 7) is 5.95. The summed E-state index contributed by atoms with van der Waals surface area (Å²) in [4.78, 5) is 24.4. The van der Waals surface area contributed by atoms with Crippen LogP contribution in [0, 0.1) is 0 Å². The second kappa shape index (κ2) is 10.6. The maximum atomic E-state index is 11.9. The standard InChI is InChI=1S/C12H24N2O5/c1-4-14(7-9-19-5-2)12(17)13-10(11(15)16)6-8-18-3/h10H,4-9H2,1-3H3,(H,13,17)(H,15,16). The topological polar surface area (TPSA) is 88.1 Å². The van der Waals surface area contributed by atoms with E-state index in [0.29, 0.717) is 26.3 Å². The van der Waals surface area contributed by atoms with E-state index in [1.807, 2.05) is 13.8 Å². The van der Waals surface area contributed by atoms with Gasteiger partial charge in [-0.2, -0.15) is 0 Å². The van der Waals surface area contributed by atoms with Gasteiger partial charge in [-0.15, -0.1) is 0 Å². The minimum Gasteiger partial charge on any atom is -0.480 e. The summed E-state index contributed by atoms with van der Waals surface area (Å²) < 4.78 is 10.00. The molecule has 7 nitrogen and oxygen atoms in total.